The van der Waals surface area contributed by atoms with E-state index in [2.05, 4.69) is 18.9 Å². The lowest BCUT2D eigenvalue weighted by Crippen LogP contribution is -2.43. The number of amides is 1. The van der Waals surface area contributed by atoms with Crippen LogP contribution in [0.5, 0.6) is 0 Å². The minimum Gasteiger partial charge on any atom is -0.466 e. The Balaban J connectivity index is 1.97. The normalized spacial score (nSPS) is 17.5. The van der Waals surface area contributed by atoms with E-state index in [1.165, 1.54) is 0 Å². The number of rotatable bonds is 5. The first kappa shape index (κ1) is 20.3. The van der Waals surface area contributed by atoms with Gasteiger partial charge in [-0.1, -0.05) is 13.8 Å². The third kappa shape index (κ3) is 3.88. The van der Waals surface area contributed by atoms with Crippen LogP contribution in [0, 0.1) is 5.92 Å². The molecule has 0 radical (unpaired) electrons. The number of pyridine rings is 1. The summed E-state index contributed by atoms with van der Waals surface area (Å²) in [5.74, 6) is -0.333. The molecule has 0 aliphatic carbocycles. The highest BCUT2D eigenvalue weighted by Gasteiger charge is 2.31. The first-order chi connectivity index (χ1) is 13.3. The number of hydrogen-bond donors (Lipinski definition) is 0. The Morgan fingerprint density at radius 2 is 2.04 bits per heavy atom. The fourth-order valence-corrected chi connectivity index (χ4v) is 3.67. The number of nitrogens with zero attached hydrogens (tertiary/aromatic N) is 4. The second kappa shape index (κ2) is 8.29. The summed E-state index contributed by atoms with van der Waals surface area (Å²) < 4.78 is 7.02. The minimum atomic E-state index is -0.252. The maximum absolute atomic E-state index is 13.4. The van der Waals surface area contributed by atoms with Gasteiger partial charge in [-0.25, -0.2) is 9.67 Å². The molecule has 0 unspecified atom stereocenters. The summed E-state index contributed by atoms with van der Waals surface area (Å²) in [7, 11) is 0. The van der Waals surface area contributed by atoms with Crippen LogP contribution < -0.4 is 0 Å². The maximum Gasteiger partial charge on any atom is 0.310 e. The first-order valence-electron chi connectivity index (χ1n) is 10.2. The molecule has 1 amide bonds. The molecule has 1 saturated heterocycles. The molecule has 0 saturated carbocycles. The van der Waals surface area contributed by atoms with Gasteiger partial charge in [0.15, 0.2) is 5.65 Å². The average molecular weight is 386 g/mol. The quantitative estimate of drug-likeness (QED) is 0.735. The molecule has 1 fully saturated rings. The zero-order valence-corrected chi connectivity index (χ0v) is 17.4. The number of ether oxygens (including phenoxy) is 1. The summed E-state index contributed by atoms with van der Waals surface area (Å²) in [5.41, 5.74) is 2.23. The van der Waals surface area contributed by atoms with E-state index in [1.807, 2.05) is 24.6 Å². The number of likely N-dealkylation sites (tertiary alicyclic amines) is 1. The highest BCUT2D eigenvalue weighted by atomic mass is 16.5. The highest BCUT2D eigenvalue weighted by Crippen LogP contribution is 2.27. The third-order valence-corrected chi connectivity index (χ3v) is 5.23. The molecular weight excluding hydrogens is 356 g/mol. The Morgan fingerprint density at radius 1 is 1.29 bits per heavy atom. The Morgan fingerprint density at radius 3 is 2.68 bits per heavy atom. The lowest BCUT2D eigenvalue weighted by Gasteiger charge is -2.31. The van der Waals surface area contributed by atoms with Crippen LogP contribution in [-0.2, 0) is 9.53 Å². The van der Waals surface area contributed by atoms with Gasteiger partial charge in [0, 0.05) is 24.8 Å². The van der Waals surface area contributed by atoms with Gasteiger partial charge in [-0.3, -0.25) is 9.59 Å². The van der Waals surface area contributed by atoms with Crippen molar-refractivity contribution in [2.24, 2.45) is 5.92 Å². The Kier molecular flexibility index (Phi) is 6.01. The molecule has 1 aliphatic heterocycles. The number of hydrogen-bond acceptors (Lipinski definition) is 5. The Bertz CT molecular complexity index is 872. The zero-order valence-electron chi connectivity index (χ0n) is 17.4. The molecule has 0 spiro atoms. The predicted molar refractivity (Wildman–Crippen MR) is 107 cm³/mol. The fourth-order valence-electron chi connectivity index (χ4n) is 3.67. The molecule has 0 bridgehead atoms. The minimum absolute atomic E-state index is 0.0633. The molecule has 7 nitrogen and oxygen atoms in total. The molecule has 0 aromatic carbocycles. The second-order valence-electron chi connectivity index (χ2n) is 8.01. The van der Waals surface area contributed by atoms with Gasteiger partial charge >= 0.3 is 5.97 Å². The number of fused-ring (bicyclic) bond motifs is 1. The molecule has 0 N–H and O–H groups in total. The molecule has 1 aliphatic rings. The van der Waals surface area contributed by atoms with Crippen molar-refractivity contribution in [1.82, 2.24) is 19.7 Å². The number of carbonyl (C=O) groups excluding carboxylic acids is 2. The lowest BCUT2D eigenvalue weighted by molar-refractivity contribution is -0.149. The molecule has 2 aromatic rings. The molecule has 3 rings (SSSR count). The van der Waals surface area contributed by atoms with Crippen molar-refractivity contribution < 1.29 is 14.3 Å². The average Bonchev–Trinajstić information content (AvgIpc) is 3.11. The van der Waals surface area contributed by atoms with Gasteiger partial charge in [-0.15, -0.1) is 0 Å². The lowest BCUT2D eigenvalue weighted by atomic mass is 9.97. The van der Waals surface area contributed by atoms with Gasteiger partial charge in [0.25, 0.3) is 5.91 Å². The van der Waals surface area contributed by atoms with E-state index in [4.69, 9.17) is 9.72 Å². The van der Waals surface area contributed by atoms with Crippen molar-refractivity contribution in [1.29, 1.82) is 0 Å². The van der Waals surface area contributed by atoms with Crippen LogP contribution in [0.3, 0.4) is 0 Å². The zero-order chi connectivity index (χ0) is 20.4. The van der Waals surface area contributed by atoms with E-state index in [1.54, 1.807) is 18.0 Å². The molecule has 7 heteroatoms. The summed E-state index contributed by atoms with van der Waals surface area (Å²) in [6, 6.07) is 2.04. The number of aromatic nitrogens is 3. The SMILES string of the molecule is CCOC(=O)[C@@H]1CCCN(C(=O)c2cc(C(C)C)nc3c2cnn3C(C)C)C1. The van der Waals surface area contributed by atoms with Crippen molar-refractivity contribution >= 4 is 22.9 Å². The second-order valence-corrected chi connectivity index (χ2v) is 8.01. The molecule has 1 atom stereocenters. The van der Waals surface area contributed by atoms with Gasteiger partial charge in [0.2, 0.25) is 0 Å². The van der Waals surface area contributed by atoms with E-state index in [0.717, 1.165) is 29.6 Å². The largest absolute Gasteiger partial charge is 0.466 e. The molecule has 3 heterocycles. The standard InChI is InChI=1S/C21H30N4O3/c1-6-28-21(27)15-8-7-9-24(12-15)20(26)16-10-18(13(2)3)23-19-17(16)11-22-25(19)14(4)5/h10-11,13-15H,6-9,12H2,1-5H3/t15-/m1/s1. The topological polar surface area (TPSA) is 77.3 Å². The van der Waals surface area contributed by atoms with Crippen LogP contribution in [-0.4, -0.2) is 51.2 Å². The van der Waals surface area contributed by atoms with Crippen LogP contribution in [0.4, 0.5) is 0 Å². The van der Waals surface area contributed by atoms with E-state index in [0.29, 0.717) is 25.3 Å². The third-order valence-electron chi connectivity index (χ3n) is 5.23. The molecule has 152 valence electrons. The van der Waals surface area contributed by atoms with Gasteiger partial charge in [-0.05, 0) is 45.6 Å². The van der Waals surface area contributed by atoms with Crippen molar-refractivity contribution in [2.75, 3.05) is 19.7 Å². The fraction of sp³-hybridized carbons (Fsp3) is 0.619. The summed E-state index contributed by atoms with van der Waals surface area (Å²) in [4.78, 5) is 32.1. The Hall–Kier alpha value is -2.44. The number of carbonyl (C=O) groups is 2. The van der Waals surface area contributed by atoms with E-state index >= 15 is 0 Å². The summed E-state index contributed by atoms with van der Waals surface area (Å²) in [5, 5.41) is 5.23. The Labute approximate surface area is 166 Å². The first-order valence-corrected chi connectivity index (χ1v) is 10.2. The van der Waals surface area contributed by atoms with Crippen LogP contribution in [0.1, 0.15) is 75.5 Å². The van der Waals surface area contributed by atoms with Crippen molar-refractivity contribution in [3.8, 4) is 0 Å². The van der Waals surface area contributed by atoms with E-state index in [9.17, 15) is 9.59 Å². The monoisotopic (exact) mass is 386 g/mol. The van der Waals surface area contributed by atoms with Gasteiger partial charge in [0.05, 0.1) is 29.7 Å². The summed E-state index contributed by atoms with van der Waals surface area (Å²) in [6.07, 6.45) is 3.29. The predicted octanol–water partition coefficient (Wildman–Crippen LogP) is 3.55. The van der Waals surface area contributed by atoms with Crippen LogP contribution >= 0.6 is 0 Å². The summed E-state index contributed by atoms with van der Waals surface area (Å²) in [6.45, 7) is 11.4. The molecule has 2 aromatic heterocycles. The number of piperidine rings is 1. The smallest absolute Gasteiger partial charge is 0.310 e. The van der Waals surface area contributed by atoms with E-state index < -0.39 is 0 Å². The summed E-state index contributed by atoms with van der Waals surface area (Å²) >= 11 is 0. The highest BCUT2D eigenvalue weighted by molar-refractivity contribution is 6.05. The van der Waals surface area contributed by atoms with Crippen molar-refractivity contribution in [2.45, 2.75) is 59.4 Å². The van der Waals surface area contributed by atoms with Crippen molar-refractivity contribution in [3.05, 3.63) is 23.5 Å². The van der Waals surface area contributed by atoms with Gasteiger partial charge in [-0.2, -0.15) is 5.10 Å². The van der Waals surface area contributed by atoms with Gasteiger partial charge < -0.3 is 9.64 Å². The van der Waals surface area contributed by atoms with Crippen molar-refractivity contribution in [3.63, 3.8) is 0 Å². The van der Waals surface area contributed by atoms with Gasteiger partial charge in [0.1, 0.15) is 0 Å². The van der Waals surface area contributed by atoms with Crippen LogP contribution in [0.25, 0.3) is 11.0 Å². The molecular formula is C21H30N4O3. The van der Waals surface area contributed by atoms with Crippen LogP contribution in [0.15, 0.2) is 12.3 Å². The maximum atomic E-state index is 13.4. The van der Waals surface area contributed by atoms with Crippen LogP contribution in [0.2, 0.25) is 0 Å². The van der Waals surface area contributed by atoms with E-state index in [-0.39, 0.29) is 29.8 Å². The molecule has 28 heavy (non-hydrogen) atoms. The number of esters is 1.